The van der Waals surface area contributed by atoms with Crippen molar-refractivity contribution in [1.29, 1.82) is 0 Å². The summed E-state index contributed by atoms with van der Waals surface area (Å²) >= 11 is 0. The molecule has 2 aromatic carbocycles. The van der Waals surface area contributed by atoms with Gasteiger partial charge in [-0.3, -0.25) is 4.79 Å². The van der Waals surface area contributed by atoms with E-state index in [1.54, 1.807) is 24.3 Å². The highest BCUT2D eigenvalue weighted by atomic mass is 32.2. The summed E-state index contributed by atoms with van der Waals surface area (Å²) in [6.45, 7) is 0.377. The van der Waals surface area contributed by atoms with Gasteiger partial charge >= 0.3 is 0 Å². The Morgan fingerprint density at radius 2 is 1.93 bits per heavy atom. The Morgan fingerprint density at radius 1 is 1.21 bits per heavy atom. The number of amides is 1. The maximum absolute atomic E-state index is 13.3. The zero-order chi connectivity index (χ0) is 21.0. The van der Waals surface area contributed by atoms with Crippen LogP contribution in [0.4, 0.5) is 4.39 Å². The van der Waals surface area contributed by atoms with E-state index in [9.17, 15) is 17.6 Å². The number of halogens is 1. The number of nitrogens with one attached hydrogen (secondary N) is 2. The van der Waals surface area contributed by atoms with Crippen LogP contribution >= 0.6 is 0 Å². The summed E-state index contributed by atoms with van der Waals surface area (Å²) in [5, 5.41) is 2.77. The van der Waals surface area contributed by atoms with Crippen LogP contribution in [0.25, 0.3) is 17.1 Å². The number of nitrogens with zero attached hydrogens (tertiary/aromatic N) is 2. The van der Waals surface area contributed by atoms with Crippen molar-refractivity contribution in [2.75, 3.05) is 13.6 Å². The molecule has 0 aliphatic heterocycles. The Labute approximate surface area is 168 Å². The Kier molecular flexibility index (Phi) is 6.09. The predicted molar refractivity (Wildman–Crippen MR) is 109 cm³/mol. The number of benzene rings is 2. The van der Waals surface area contributed by atoms with Crippen molar-refractivity contribution >= 4 is 33.0 Å². The van der Waals surface area contributed by atoms with Crippen LogP contribution < -0.4 is 10.0 Å². The van der Waals surface area contributed by atoms with Gasteiger partial charge in [-0.15, -0.1) is 0 Å². The smallest absolute Gasteiger partial charge is 0.244 e. The van der Waals surface area contributed by atoms with Crippen molar-refractivity contribution in [1.82, 2.24) is 19.6 Å². The lowest BCUT2D eigenvalue weighted by atomic mass is 10.2. The molecule has 0 fully saturated rings. The number of aryl methyl sites for hydroxylation is 1. The molecule has 1 amide bonds. The lowest BCUT2D eigenvalue weighted by molar-refractivity contribution is -0.116. The average molecular weight is 416 g/mol. The summed E-state index contributed by atoms with van der Waals surface area (Å²) in [5.74, 6) is 0.134. The Morgan fingerprint density at radius 3 is 2.62 bits per heavy atom. The van der Waals surface area contributed by atoms with Gasteiger partial charge in [-0.2, -0.15) is 0 Å². The second kappa shape index (κ2) is 8.54. The molecule has 0 aliphatic carbocycles. The lowest BCUT2D eigenvalue weighted by Crippen LogP contribution is -2.24. The monoisotopic (exact) mass is 416 g/mol. The number of rotatable bonds is 7. The van der Waals surface area contributed by atoms with Gasteiger partial charge in [0.05, 0.1) is 15.9 Å². The van der Waals surface area contributed by atoms with Gasteiger partial charge < -0.3 is 9.88 Å². The van der Waals surface area contributed by atoms with Gasteiger partial charge in [0.15, 0.2) is 0 Å². The van der Waals surface area contributed by atoms with Crippen molar-refractivity contribution in [2.24, 2.45) is 7.05 Å². The summed E-state index contributed by atoms with van der Waals surface area (Å²) < 4.78 is 40.8. The molecule has 0 saturated carbocycles. The maximum Gasteiger partial charge on any atom is 0.244 e. The highest BCUT2D eigenvalue weighted by Crippen LogP contribution is 2.16. The summed E-state index contributed by atoms with van der Waals surface area (Å²) in [7, 11) is -0.287. The first-order valence-corrected chi connectivity index (χ1v) is 10.4. The SMILES string of the molecule is CNS(=O)(=O)c1ccc(/C=C/C(=O)NCCc2nc3cc(F)ccc3n2C)cc1. The Bertz CT molecular complexity index is 1170. The predicted octanol–water partition coefficient (Wildman–Crippen LogP) is 1.99. The zero-order valence-corrected chi connectivity index (χ0v) is 16.8. The fourth-order valence-electron chi connectivity index (χ4n) is 2.85. The number of hydrogen-bond donors (Lipinski definition) is 2. The van der Waals surface area contributed by atoms with E-state index in [0.717, 1.165) is 11.3 Å². The number of hydrogen-bond acceptors (Lipinski definition) is 4. The van der Waals surface area contributed by atoms with Crippen LogP contribution in [0.15, 0.2) is 53.4 Å². The molecule has 0 unspecified atom stereocenters. The summed E-state index contributed by atoms with van der Waals surface area (Å²) in [6, 6.07) is 10.6. The second-order valence-corrected chi connectivity index (χ2v) is 8.26. The molecule has 0 spiro atoms. The van der Waals surface area contributed by atoms with Crippen molar-refractivity contribution in [3.05, 3.63) is 65.7 Å². The molecule has 9 heteroatoms. The Balaban J connectivity index is 1.56. The van der Waals surface area contributed by atoms with Crippen LogP contribution in [0.2, 0.25) is 0 Å². The fraction of sp³-hybridized carbons (Fsp3) is 0.200. The van der Waals surface area contributed by atoms with Crippen LogP contribution in [-0.4, -0.2) is 37.5 Å². The molecule has 0 bridgehead atoms. The molecule has 7 nitrogen and oxygen atoms in total. The van der Waals surface area contributed by atoms with Crippen molar-refractivity contribution < 1.29 is 17.6 Å². The van der Waals surface area contributed by atoms with E-state index in [0.29, 0.717) is 24.0 Å². The number of carbonyl (C=O) groups is 1. The molecule has 3 aromatic rings. The van der Waals surface area contributed by atoms with E-state index in [1.807, 2.05) is 11.6 Å². The van der Waals surface area contributed by atoms with Crippen LogP contribution in [0.5, 0.6) is 0 Å². The van der Waals surface area contributed by atoms with Gasteiger partial charge in [0.1, 0.15) is 11.6 Å². The van der Waals surface area contributed by atoms with Gasteiger partial charge in [-0.1, -0.05) is 12.1 Å². The average Bonchev–Trinajstić information content (AvgIpc) is 3.01. The van der Waals surface area contributed by atoms with E-state index in [2.05, 4.69) is 15.0 Å². The molecule has 29 heavy (non-hydrogen) atoms. The third-order valence-corrected chi connectivity index (χ3v) is 5.90. The molecular formula is C20H21FN4O3S. The maximum atomic E-state index is 13.3. The normalized spacial score (nSPS) is 12.0. The Hall–Kier alpha value is -3.04. The molecule has 0 radical (unpaired) electrons. The van der Waals surface area contributed by atoms with E-state index >= 15 is 0 Å². The van der Waals surface area contributed by atoms with Gasteiger partial charge in [0.2, 0.25) is 15.9 Å². The molecule has 0 atom stereocenters. The third-order valence-electron chi connectivity index (χ3n) is 4.47. The topological polar surface area (TPSA) is 93.1 Å². The van der Waals surface area contributed by atoms with Gasteiger partial charge in [0, 0.05) is 32.2 Å². The van der Waals surface area contributed by atoms with Crippen molar-refractivity contribution in [3.63, 3.8) is 0 Å². The van der Waals surface area contributed by atoms with E-state index in [-0.39, 0.29) is 16.6 Å². The van der Waals surface area contributed by atoms with Crippen molar-refractivity contribution in [2.45, 2.75) is 11.3 Å². The molecule has 2 N–H and O–H groups in total. The number of imidazole rings is 1. The first-order valence-electron chi connectivity index (χ1n) is 8.90. The molecule has 0 aliphatic rings. The zero-order valence-electron chi connectivity index (χ0n) is 16.0. The number of aromatic nitrogens is 2. The largest absolute Gasteiger partial charge is 0.352 e. The molecule has 152 valence electrons. The summed E-state index contributed by atoms with van der Waals surface area (Å²) in [6.07, 6.45) is 3.48. The fourth-order valence-corrected chi connectivity index (χ4v) is 3.58. The molecule has 1 heterocycles. The number of sulfonamides is 1. The van der Waals surface area contributed by atoms with Crippen LogP contribution in [0, 0.1) is 5.82 Å². The van der Waals surface area contributed by atoms with E-state index < -0.39 is 10.0 Å². The minimum atomic E-state index is -3.48. The standard InChI is InChI=1S/C20H21FN4O3S/c1-22-29(27,28)16-7-3-14(4-8-16)5-10-20(26)23-12-11-19-24-17-13-15(21)6-9-18(17)25(19)2/h3-10,13,22H,11-12H2,1-2H3,(H,23,26)/b10-5+. The van der Waals surface area contributed by atoms with E-state index in [4.69, 9.17) is 0 Å². The van der Waals surface area contributed by atoms with Crippen LogP contribution in [0.1, 0.15) is 11.4 Å². The molecule has 3 rings (SSSR count). The minimum absolute atomic E-state index is 0.156. The number of fused-ring (bicyclic) bond motifs is 1. The minimum Gasteiger partial charge on any atom is -0.352 e. The van der Waals surface area contributed by atoms with Crippen LogP contribution in [-0.2, 0) is 28.3 Å². The summed E-state index contributed by atoms with van der Waals surface area (Å²) in [5.41, 5.74) is 2.11. The van der Waals surface area contributed by atoms with Gasteiger partial charge in [-0.05, 0) is 43.0 Å². The summed E-state index contributed by atoms with van der Waals surface area (Å²) in [4.78, 5) is 16.6. The molecule has 0 saturated heterocycles. The third kappa shape index (κ3) is 4.87. The van der Waals surface area contributed by atoms with Crippen molar-refractivity contribution in [3.8, 4) is 0 Å². The molecule has 1 aromatic heterocycles. The lowest BCUT2D eigenvalue weighted by Gasteiger charge is -2.04. The first kappa shape index (κ1) is 20.7. The highest BCUT2D eigenvalue weighted by Gasteiger charge is 2.10. The number of carbonyl (C=O) groups excluding carboxylic acids is 1. The van der Waals surface area contributed by atoms with Gasteiger partial charge in [0.25, 0.3) is 0 Å². The quantitative estimate of drug-likeness (QED) is 0.576. The molecular weight excluding hydrogens is 395 g/mol. The van der Waals surface area contributed by atoms with Crippen LogP contribution in [0.3, 0.4) is 0 Å². The van der Waals surface area contributed by atoms with E-state index in [1.165, 1.54) is 37.4 Å². The van der Waals surface area contributed by atoms with Gasteiger partial charge in [-0.25, -0.2) is 22.5 Å². The second-order valence-electron chi connectivity index (χ2n) is 6.37. The highest BCUT2D eigenvalue weighted by molar-refractivity contribution is 7.89. The first-order chi connectivity index (χ1) is 13.8.